The second kappa shape index (κ2) is 7.34. The molecule has 0 saturated carbocycles. The van der Waals surface area contributed by atoms with Crippen molar-refractivity contribution in [1.82, 2.24) is 0 Å². The number of aryl methyl sites for hydroxylation is 1. The van der Waals surface area contributed by atoms with E-state index < -0.39 is 15.0 Å². The summed E-state index contributed by atoms with van der Waals surface area (Å²) in [7, 11) is -4.19. The molecule has 2 aromatic carbocycles. The van der Waals surface area contributed by atoms with E-state index >= 15 is 0 Å². The van der Waals surface area contributed by atoms with Gasteiger partial charge in [0.05, 0.1) is 9.80 Å². The van der Waals surface area contributed by atoms with Crippen LogP contribution in [0, 0.1) is 17.0 Å². The standard InChI is InChI=1S/C20H15NO6S2/c1-13-10-19(28-12-13)20-18(11-14-4-2-3-5-17(14)26-20)27-29(24,25)16-8-6-15(7-9-16)21(22)23/h2-10,12H,11H2,1H3. The number of rotatable bonds is 5. The van der Waals surface area contributed by atoms with Crippen molar-refractivity contribution >= 4 is 32.9 Å². The van der Waals surface area contributed by atoms with Crippen LogP contribution in [0.15, 0.2) is 70.6 Å². The summed E-state index contributed by atoms with van der Waals surface area (Å²) in [5.74, 6) is 1.17. The van der Waals surface area contributed by atoms with E-state index in [0.29, 0.717) is 11.5 Å². The van der Waals surface area contributed by atoms with Crippen LogP contribution in [0.25, 0.3) is 5.76 Å². The minimum atomic E-state index is -4.19. The topological polar surface area (TPSA) is 95.7 Å². The number of hydrogen-bond acceptors (Lipinski definition) is 7. The first-order valence-electron chi connectivity index (χ1n) is 8.57. The maximum absolute atomic E-state index is 12.8. The Balaban J connectivity index is 1.73. The summed E-state index contributed by atoms with van der Waals surface area (Å²) in [6.07, 6.45) is 0.245. The fourth-order valence-corrected chi connectivity index (χ4v) is 4.75. The van der Waals surface area contributed by atoms with E-state index in [1.54, 1.807) is 0 Å². The van der Waals surface area contributed by atoms with Crippen molar-refractivity contribution in [1.29, 1.82) is 0 Å². The van der Waals surface area contributed by atoms with Gasteiger partial charge in [0.25, 0.3) is 5.69 Å². The van der Waals surface area contributed by atoms with Gasteiger partial charge in [-0.15, -0.1) is 11.3 Å². The molecule has 7 nitrogen and oxygen atoms in total. The molecular weight excluding hydrogens is 414 g/mol. The average molecular weight is 429 g/mol. The number of nitro benzene ring substituents is 1. The number of benzene rings is 2. The molecule has 9 heteroatoms. The van der Waals surface area contributed by atoms with Gasteiger partial charge in [-0.25, -0.2) is 0 Å². The fourth-order valence-electron chi connectivity index (χ4n) is 2.89. The smallest absolute Gasteiger partial charge is 0.339 e. The summed E-state index contributed by atoms with van der Waals surface area (Å²) in [5.41, 5.74) is 1.63. The fraction of sp³-hybridized carbons (Fsp3) is 0.100. The first-order chi connectivity index (χ1) is 13.8. The van der Waals surface area contributed by atoms with Gasteiger partial charge in [-0.05, 0) is 42.1 Å². The summed E-state index contributed by atoms with van der Waals surface area (Å²) in [4.78, 5) is 10.8. The van der Waals surface area contributed by atoms with Crippen molar-refractivity contribution in [3.8, 4) is 5.75 Å². The number of hydrogen-bond donors (Lipinski definition) is 0. The third-order valence-electron chi connectivity index (χ3n) is 4.29. The highest BCUT2D eigenvalue weighted by Crippen LogP contribution is 2.38. The highest BCUT2D eigenvalue weighted by molar-refractivity contribution is 7.86. The molecule has 0 radical (unpaired) electrons. The molecule has 1 aliphatic heterocycles. The minimum absolute atomic E-state index is 0.170. The third-order valence-corrected chi connectivity index (χ3v) is 6.61. The Morgan fingerprint density at radius 1 is 1.14 bits per heavy atom. The highest BCUT2D eigenvalue weighted by atomic mass is 32.2. The molecule has 0 aliphatic carbocycles. The molecule has 3 aromatic rings. The number of non-ortho nitro benzene ring substituents is 1. The van der Waals surface area contributed by atoms with Gasteiger partial charge in [-0.1, -0.05) is 18.2 Å². The van der Waals surface area contributed by atoms with Crippen molar-refractivity contribution in [2.75, 3.05) is 0 Å². The van der Waals surface area contributed by atoms with Gasteiger partial charge in [0.15, 0.2) is 11.5 Å². The van der Waals surface area contributed by atoms with Crippen LogP contribution in [0.2, 0.25) is 0 Å². The first-order valence-corrected chi connectivity index (χ1v) is 10.9. The van der Waals surface area contributed by atoms with Gasteiger partial charge in [-0.3, -0.25) is 10.1 Å². The molecule has 4 rings (SSSR count). The second-order valence-electron chi connectivity index (χ2n) is 6.42. The van der Waals surface area contributed by atoms with Crippen LogP contribution in [0.3, 0.4) is 0 Å². The van der Waals surface area contributed by atoms with Crippen molar-refractivity contribution in [3.05, 3.63) is 91.9 Å². The number of ether oxygens (including phenoxy) is 1. The number of fused-ring (bicyclic) bond motifs is 1. The average Bonchev–Trinajstić information content (AvgIpc) is 3.13. The summed E-state index contributed by atoms with van der Waals surface area (Å²) in [6.45, 7) is 1.94. The van der Waals surface area contributed by atoms with E-state index in [1.807, 2.05) is 42.6 Å². The lowest BCUT2D eigenvalue weighted by molar-refractivity contribution is -0.384. The molecular formula is C20H15NO6S2. The van der Waals surface area contributed by atoms with Crippen LogP contribution in [0.4, 0.5) is 5.69 Å². The molecule has 1 aromatic heterocycles. The zero-order valence-corrected chi connectivity index (χ0v) is 16.8. The highest BCUT2D eigenvalue weighted by Gasteiger charge is 2.28. The zero-order valence-electron chi connectivity index (χ0n) is 15.2. The maximum atomic E-state index is 12.8. The Labute approximate surface area is 171 Å². The summed E-state index contributed by atoms with van der Waals surface area (Å²) < 4.78 is 37.0. The number of nitrogens with zero attached hydrogens (tertiary/aromatic N) is 1. The van der Waals surface area contributed by atoms with E-state index in [-0.39, 0.29) is 22.8 Å². The predicted octanol–water partition coefficient (Wildman–Crippen LogP) is 4.67. The van der Waals surface area contributed by atoms with Crippen molar-refractivity contribution < 1.29 is 22.3 Å². The molecule has 2 heterocycles. The van der Waals surface area contributed by atoms with Crippen molar-refractivity contribution in [3.63, 3.8) is 0 Å². The summed E-state index contributed by atoms with van der Waals surface area (Å²) in [5, 5.41) is 12.7. The van der Waals surface area contributed by atoms with E-state index in [4.69, 9.17) is 8.92 Å². The lowest BCUT2D eigenvalue weighted by atomic mass is 10.1. The van der Waals surface area contributed by atoms with Gasteiger partial charge in [-0.2, -0.15) is 8.42 Å². The van der Waals surface area contributed by atoms with Gasteiger partial charge in [0.2, 0.25) is 0 Å². The third kappa shape index (κ3) is 3.87. The molecule has 0 unspecified atom stereocenters. The molecule has 0 bridgehead atoms. The van der Waals surface area contributed by atoms with Gasteiger partial charge >= 0.3 is 10.1 Å². The molecule has 29 heavy (non-hydrogen) atoms. The first kappa shape index (κ1) is 19.2. The van der Waals surface area contributed by atoms with Crippen molar-refractivity contribution in [2.45, 2.75) is 18.2 Å². The number of para-hydroxylation sites is 1. The van der Waals surface area contributed by atoms with Crippen LogP contribution in [-0.4, -0.2) is 13.3 Å². The lowest BCUT2D eigenvalue weighted by Crippen LogP contribution is -2.15. The quantitative estimate of drug-likeness (QED) is 0.332. The summed E-state index contributed by atoms with van der Waals surface area (Å²) >= 11 is 1.43. The minimum Gasteiger partial charge on any atom is -0.452 e. The Morgan fingerprint density at radius 2 is 1.86 bits per heavy atom. The monoisotopic (exact) mass is 429 g/mol. The number of allylic oxidation sites excluding steroid dienone is 1. The van der Waals surface area contributed by atoms with E-state index in [9.17, 15) is 18.5 Å². The SMILES string of the molecule is Cc1csc(C2=C(OS(=O)(=O)c3ccc([N+](=O)[O-])cc3)Cc3ccccc3O2)c1. The largest absolute Gasteiger partial charge is 0.452 e. The van der Waals surface area contributed by atoms with E-state index in [2.05, 4.69) is 0 Å². The van der Waals surface area contributed by atoms with Crippen molar-refractivity contribution in [2.24, 2.45) is 0 Å². The van der Waals surface area contributed by atoms with Crippen LogP contribution >= 0.6 is 11.3 Å². The number of nitro groups is 1. The molecule has 148 valence electrons. The van der Waals surface area contributed by atoms with Crippen LogP contribution in [0.1, 0.15) is 16.0 Å². The van der Waals surface area contributed by atoms with Gasteiger partial charge < -0.3 is 8.92 Å². The van der Waals surface area contributed by atoms with Crippen LogP contribution in [-0.2, 0) is 20.7 Å². The van der Waals surface area contributed by atoms with Crippen LogP contribution in [0.5, 0.6) is 5.75 Å². The van der Waals surface area contributed by atoms with E-state index in [0.717, 1.165) is 40.3 Å². The Hall–Kier alpha value is -3.17. The van der Waals surface area contributed by atoms with Crippen LogP contribution < -0.4 is 4.74 Å². The molecule has 1 aliphatic rings. The normalized spacial score (nSPS) is 13.6. The Kier molecular flexibility index (Phi) is 4.85. The molecule has 0 N–H and O–H groups in total. The summed E-state index contributed by atoms with van der Waals surface area (Å²) in [6, 6.07) is 13.8. The van der Waals surface area contributed by atoms with E-state index in [1.165, 1.54) is 11.3 Å². The second-order valence-corrected chi connectivity index (χ2v) is 8.87. The maximum Gasteiger partial charge on any atom is 0.339 e. The molecule has 0 atom stereocenters. The molecule has 0 saturated heterocycles. The zero-order chi connectivity index (χ0) is 20.6. The van der Waals surface area contributed by atoms with Gasteiger partial charge in [0.1, 0.15) is 10.6 Å². The Bertz CT molecular complexity index is 1230. The molecule has 0 amide bonds. The number of thiophene rings is 1. The Morgan fingerprint density at radius 3 is 2.52 bits per heavy atom. The predicted molar refractivity (Wildman–Crippen MR) is 108 cm³/mol. The molecule has 0 fully saturated rings. The van der Waals surface area contributed by atoms with Gasteiger partial charge in [0, 0.05) is 24.1 Å². The molecule has 0 spiro atoms. The lowest BCUT2D eigenvalue weighted by Gasteiger charge is -2.22.